The summed E-state index contributed by atoms with van der Waals surface area (Å²) in [5.74, 6) is 0.311. The Hall–Kier alpha value is -2.44. The lowest BCUT2D eigenvalue weighted by Crippen LogP contribution is -2.48. The van der Waals surface area contributed by atoms with Crippen LogP contribution in [0.2, 0.25) is 0 Å². The van der Waals surface area contributed by atoms with Crippen molar-refractivity contribution in [1.29, 1.82) is 0 Å². The number of carbonyl (C=O) groups is 2. The van der Waals surface area contributed by atoms with Gasteiger partial charge in [0, 0.05) is 44.4 Å². The third-order valence-electron chi connectivity index (χ3n) is 3.92. The molecular weight excluding hydrogens is 300 g/mol. The highest BCUT2D eigenvalue weighted by atomic mass is 16.5. The Kier molecular flexibility index (Phi) is 5.67. The maximum absolute atomic E-state index is 11.9. The molecular formula is C16H22N2O5. The van der Waals surface area contributed by atoms with Crippen molar-refractivity contribution in [2.45, 2.75) is 12.8 Å². The lowest BCUT2D eigenvalue weighted by atomic mass is 10.2. The summed E-state index contributed by atoms with van der Waals surface area (Å²) in [6, 6.07) is 5.74. The van der Waals surface area contributed by atoms with E-state index in [9.17, 15) is 9.59 Å². The third kappa shape index (κ3) is 4.28. The van der Waals surface area contributed by atoms with Crippen molar-refractivity contribution in [3.05, 3.63) is 18.2 Å². The quantitative estimate of drug-likeness (QED) is 0.848. The fourth-order valence-electron chi connectivity index (χ4n) is 2.61. The summed E-state index contributed by atoms with van der Waals surface area (Å²) in [5.41, 5.74) is 1.01. The van der Waals surface area contributed by atoms with Gasteiger partial charge in [-0.1, -0.05) is 0 Å². The zero-order chi connectivity index (χ0) is 16.8. The van der Waals surface area contributed by atoms with Crippen LogP contribution < -0.4 is 14.4 Å². The van der Waals surface area contributed by atoms with E-state index < -0.39 is 5.97 Å². The van der Waals surface area contributed by atoms with E-state index in [2.05, 4.69) is 4.90 Å². The molecule has 2 rings (SSSR count). The van der Waals surface area contributed by atoms with Gasteiger partial charge in [0.05, 0.1) is 20.6 Å². The van der Waals surface area contributed by atoms with E-state index in [0.717, 1.165) is 5.69 Å². The van der Waals surface area contributed by atoms with E-state index in [1.165, 1.54) is 0 Å². The molecule has 126 valence electrons. The maximum Gasteiger partial charge on any atom is 0.303 e. The van der Waals surface area contributed by atoms with Crippen molar-refractivity contribution in [3.63, 3.8) is 0 Å². The Bertz CT molecular complexity index is 568. The molecule has 1 aromatic rings. The van der Waals surface area contributed by atoms with Crippen molar-refractivity contribution >= 4 is 17.6 Å². The first-order valence-electron chi connectivity index (χ1n) is 7.51. The molecule has 1 fully saturated rings. The normalized spacial score (nSPS) is 14.5. The molecule has 7 nitrogen and oxygen atoms in total. The fraction of sp³-hybridized carbons (Fsp3) is 0.500. The highest BCUT2D eigenvalue weighted by Gasteiger charge is 2.22. The number of aliphatic carboxylic acids is 1. The van der Waals surface area contributed by atoms with Crippen LogP contribution in [-0.4, -0.2) is 62.3 Å². The summed E-state index contributed by atoms with van der Waals surface area (Å²) >= 11 is 0. The molecule has 0 bridgehead atoms. The number of carbonyl (C=O) groups excluding carboxylic acids is 1. The van der Waals surface area contributed by atoms with Gasteiger partial charge in [0.2, 0.25) is 5.91 Å². The van der Waals surface area contributed by atoms with E-state index in [4.69, 9.17) is 14.6 Å². The first-order valence-corrected chi connectivity index (χ1v) is 7.51. The van der Waals surface area contributed by atoms with Gasteiger partial charge in [-0.15, -0.1) is 0 Å². The number of hydrogen-bond acceptors (Lipinski definition) is 5. The van der Waals surface area contributed by atoms with Gasteiger partial charge in [0.15, 0.2) is 11.5 Å². The predicted molar refractivity (Wildman–Crippen MR) is 85.2 cm³/mol. The molecule has 0 aromatic heterocycles. The number of hydrogen-bond donors (Lipinski definition) is 1. The van der Waals surface area contributed by atoms with Crippen LogP contribution in [0.5, 0.6) is 11.5 Å². The number of carboxylic acids is 1. The molecule has 1 amide bonds. The second kappa shape index (κ2) is 7.71. The highest BCUT2D eigenvalue weighted by molar-refractivity contribution is 5.81. The van der Waals surface area contributed by atoms with E-state index in [0.29, 0.717) is 37.7 Å². The summed E-state index contributed by atoms with van der Waals surface area (Å²) in [5, 5.41) is 8.64. The zero-order valence-electron chi connectivity index (χ0n) is 13.4. The molecule has 1 aromatic carbocycles. The largest absolute Gasteiger partial charge is 0.493 e. The molecule has 1 aliphatic rings. The maximum atomic E-state index is 11.9. The molecule has 1 saturated heterocycles. The summed E-state index contributed by atoms with van der Waals surface area (Å²) < 4.78 is 10.5. The standard InChI is InChI=1S/C16H22N2O5/c1-22-13-4-3-12(11-14(13)23-2)17-7-9-18(10-8-17)15(19)5-6-16(20)21/h3-4,11H,5-10H2,1-2H3,(H,20,21). The number of anilines is 1. The lowest BCUT2D eigenvalue weighted by molar-refractivity contribution is -0.141. The molecule has 7 heteroatoms. The van der Waals surface area contributed by atoms with Crippen LogP contribution in [0, 0.1) is 0 Å². The van der Waals surface area contributed by atoms with E-state index in [-0.39, 0.29) is 18.7 Å². The van der Waals surface area contributed by atoms with Crippen LogP contribution in [0.15, 0.2) is 18.2 Å². The fourth-order valence-corrected chi connectivity index (χ4v) is 2.61. The number of piperazine rings is 1. The van der Waals surface area contributed by atoms with E-state index in [1.807, 2.05) is 18.2 Å². The average molecular weight is 322 g/mol. The smallest absolute Gasteiger partial charge is 0.303 e. The van der Waals surface area contributed by atoms with Crippen molar-refractivity contribution in [3.8, 4) is 11.5 Å². The van der Waals surface area contributed by atoms with Gasteiger partial charge in [0.1, 0.15) is 0 Å². The monoisotopic (exact) mass is 322 g/mol. The lowest BCUT2D eigenvalue weighted by Gasteiger charge is -2.36. The number of ether oxygens (including phenoxy) is 2. The van der Waals surface area contributed by atoms with Crippen LogP contribution in [-0.2, 0) is 9.59 Å². The van der Waals surface area contributed by atoms with E-state index >= 15 is 0 Å². The number of benzene rings is 1. The summed E-state index contributed by atoms with van der Waals surface area (Å²) in [4.78, 5) is 26.4. The minimum atomic E-state index is -0.942. The topological polar surface area (TPSA) is 79.3 Å². The molecule has 0 atom stereocenters. The average Bonchev–Trinajstić information content (AvgIpc) is 2.59. The first-order chi connectivity index (χ1) is 11.0. The Labute approximate surface area is 135 Å². The number of methoxy groups -OCH3 is 2. The van der Waals surface area contributed by atoms with Crippen LogP contribution in [0.1, 0.15) is 12.8 Å². The number of rotatable bonds is 6. The van der Waals surface area contributed by atoms with Gasteiger partial charge >= 0.3 is 5.97 Å². The molecule has 1 heterocycles. The number of carboxylic acid groups (broad SMARTS) is 1. The third-order valence-corrected chi connectivity index (χ3v) is 3.92. The van der Waals surface area contributed by atoms with Gasteiger partial charge in [-0.05, 0) is 12.1 Å². The molecule has 0 radical (unpaired) electrons. The van der Waals surface area contributed by atoms with Gasteiger partial charge in [0.25, 0.3) is 0 Å². The molecule has 0 aliphatic carbocycles. The van der Waals surface area contributed by atoms with E-state index in [1.54, 1.807) is 19.1 Å². The molecule has 1 N–H and O–H groups in total. The van der Waals surface area contributed by atoms with Crippen LogP contribution in [0.25, 0.3) is 0 Å². The predicted octanol–water partition coefficient (Wildman–Crippen LogP) is 1.22. The minimum Gasteiger partial charge on any atom is -0.493 e. The number of nitrogens with zero attached hydrogens (tertiary/aromatic N) is 2. The van der Waals surface area contributed by atoms with Gasteiger partial charge in [-0.25, -0.2) is 0 Å². The van der Waals surface area contributed by atoms with Gasteiger partial charge in [-0.3, -0.25) is 9.59 Å². The molecule has 0 saturated carbocycles. The molecule has 1 aliphatic heterocycles. The highest BCUT2D eigenvalue weighted by Crippen LogP contribution is 2.31. The summed E-state index contributed by atoms with van der Waals surface area (Å²) in [7, 11) is 3.19. The van der Waals surface area contributed by atoms with Crippen molar-refractivity contribution in [2.24, 2.45) is 0 Å². The number of amides is 1. The Morgan fingerprint density at radius 1 is 1.04 bits per heavy atom. The van der Waals surface area contributed by atoms with Crippen molar-refractivity contribution < 1.29 is 24.2 Å². The van der Waals surface area contributed by atoms with Crippen molar-refractivity contribution in [2.75, 3.05) is 45.3 Å². The Morgan fingerprint density at radius 2 is 1.70 bits per heavy atom. The Morgan fingerprint density at radius 3 is 2.26 bits per heavy atom. The zero-order valence-corrected chi connectivity index (χ0v) is 13.4. The summed E-state index contributed by atoms with van der Waals surface area (Å²) in [6.45, 7) is 2.59. The van der Waals surface area contributed by atoms with Crippen LogP contribution in [0.3, 0.4) is 0 Å². The molecule has 0 unspecified atom stereocenters. The van der Waals surface area contributed by atoms with Gasteiger partial charge in [-0.2, -0.15) is 0 Å². The second-order valence-corrected chi connectivity index (χ2v) is 5.30. The minimum absolute atomic E-state index is 0.0612. The second-order valence-electron chi connectivity index (χ2n) is 5.30. The summed E-state index contributed by atoms with van der Waals surface area (Å²) in [6.07, 6.45) is -0.0551. The van der Waals surface area contributed by atoms with Gasteiger partial charge < -0.3 is 24.4 Å². The first kappa shape index (κ1) is 16.9. The molecule has 0 spiro atoms. The molecule has 23 heavy (non-hydrogen) atoms. The SMILES string of the molecule is COc1ccc(N2CCN(C(=O)CCC(=O)O)CC2)cc1OC. The van der Waals surface area contributed by atoms with Crippen LogP contribution >= 0.6 is 0 Å². The van der Waals surface area contributed by atoms with Crippen LogP contribution in [0.4, 0.5) is 5.69 Å². The Balaban J connectivity index is 1.94. The van der Waals surface area contributed by atoms with Crippen molar-refractivity contribution in [1.82, 2.24) is 4.90 Å².